The standard InChI is InChI=1S/C15H16N4O5S/c1-9-6-13(18(2)17-9)16-14(20)8-24-15(21)11-7-10(25-3)4-5-12(11)19(22)23/h4-7H,8H2,1-3H3,(H,16,20). The second kappa shape index (κ2) is 7.79. The summed E-state index contributed by atoms with van der Waals surface area (Å²) in [4.78, 5) is 35.1. The maximum atomic E-state index is 12.1. The van der Waals surface area contributed by atoms with Gasteiger partial charge in [0, 0.05) is 24.1 Å². The summed E-state index contributed by atoms with van der Waals surface area (Å²) in [6.07, 6.45) is 1.78. The number of rotatable bonds is 6. The molecule has 1 aromatic carbocycles. The zero-order valence-electron chi connectivity index (χ0n) is 13.8. The van der Waals surface area contributed by atoms with E-state index in [4.69, 9.17) is 4.74 Å². The Labute approximate surface area is 147 Å². The SMILES string of the molecule is CSc1ccc([N+](=O)[O-])c(C(=O)OCC(=O)Nc2cc(C)nn2C)c1. The fourth-order valence-corrected chi connectivity index (χ4v) is 2.52. The van der Waals surface area contributed by atoms with E-state index < -0.39 is 23.4 Å². The van der Waals surface area contributed by atoms with Gasteiger partial charge in [-0.3, -0.25) is 19.6 Å². The monoisotopic (exact) mass is 364 g/mol. The van der Waals surface area contributed by atoms with Crippen LogP contribution in [-0.4, -0.2) is 39.4 Å². The number of nitrogens with zero attached hydrogens (tertiary/aromatic N) is 3. The van der Waals surface area contributed by atoms with Crippen LogP contribution in [0, 0.1) is 17.0 Å². The maximum absolute atomic E-state index is 12.1. The van der Waals surface area contributed by atoms with Crippen molar-refractivity contribution in [2.75, 3.05) is 18.2 Å². The van der Waals surface area contributed by atoms with Crippen LogP contribution in [0.4, 0.5) is 11.5 Å². The van der Waals surface area contributed by atoms with Crippen molar-refractivity contribution in [3.05, 3.63) is 45.6 Å². The molecule has 0 atom stereocenters. The van der Waals surface area contributed by atoms with Gasteiger partial charge in [-0.15, -0.1) is 11.8 Å². The van der Waals surface area contributed by atoms with E-state index in [2.05, 4.69) is 10.4 Å². The molecule has 1 N–H and O–H groups in total. The number of carbonyl (C=O) groups is 2. The summed E-state index contributed by atoms with van der Waals surface area (Å²) < 4.78 is 6.38. The Bertz CT molecular complexity index is 833. The van der Waals surface area contributed by atoms with Gasteiger partial charge in [-0.25, -0.2) is 4.79 Å². The molecule has 0 fully saturated rings. The summed E-state index contributed by atoms with van der Waals surface area (Å²) in [5, 5.41) is 17.7. The lowest BCUT2D eigenvalue weighted by Crippen LogP contribution is -2.22. The molecule has 2 rings (SSSR count). The van der Waals surface area contributed by atoms with Gasteiger partial charge in [-0.05, 0) is 25.3 Å². The smallest absolute Gasteiger partial charge is 0.345 e. The van der Waals surface area contributed by atoms with Gasteiger partial charge in [0.25, 0.3) is 11.6 Å². The Kier molecular flexibility index (Phi) is 5.75. The van der Waals surface area contributed by atoms with Crippen LogP contribution in [0.5, 0.6) is 0 Å². The molecule has 0 unspecified atom stereocenters. The van der Waals surface area contributed by atoms with Gasteiger partial charge in [-0.2, -0.15) is 5.10 Å². The molecule has 10 heteroatoms. The lowest BCUT2D eigenvalue weighted by molar-refractivity contribution is -0.385. The first-order chi connectivity index (χ1) is 11.8. The number of nitro groups is 1. The maximum Gasteiger partial charge on any atom is 0.345 e. The summed E-state index contributed by atoms with van der Waals surface area (Å²) in [6, 6.07) is 5.80. The van der Waals surface area contributed by atoms with Gasteiger partial charge in [-0.1, -0.05) is 0 Å². The van der Waals surface area contributed by atoms with Crippen LogP contribution in [-0.2, 0) is 16.6 Å². The van der Waals surface area contributed by atoms with E-state index in [1.165, 1.54) is 34.6 Å². The van der Waals surface area contributed by atoms with Crippen LogP contribution in [0.15, 0.2) is 29.2 Å². The molecule has 132 valence electrons. The normalized spacial score (nSPS) is 10.4. The number of anilines is 1. The van der Waals surface area contributed by atoms with E-state index in [9.17, 15) is 19.7 Å². The number of thioether (sulfide) groups is 1. The third kappa shape index (κ3) is 4.57. The van der Waals surface area contributed by atoms with E-state index in [1.54, 1.807) is 26.3 Å². The minimum atomic E-state index is -0.932. The van der Waals surface area contributed by atoms with Crippen LogP contribution in [0.2, 0.25) is 0 Å². The van der Waals surface area contributed by atoms with Crippen LogP contribution in [0.3, 0.4) is 0 Å². The van der Waals surface area contributed by atoms with Gasteiger partial charge in [0.05, 0.1) is 10.6 Å². The number of aromatic nitrogens is 2. The highest BCUT2D eigenvalue weighted by molar-refractivity contribution is 7.98. The summed E-state index contributed by atoms with van der Waals surface area (Å²) in [5.74, 6) is -1.05. The van der Waals surface area contributed by atoms with Crippen molar-refractivity contribution < 1.29 is 19.2 Å². The molecule has 0 bridgehead atoms. The van der Waals surface area contributed by atoms with Gasteiger partial charge >= 0.3 is 5.97 Å². The minimum absolute atomic E-state index is 0.193. The Morgan fingerprint density at radius 3 is 2.68 bits per heavy atom. The zero-order valence-corrected chi connectivity index (χ0v) is 14.6. The van der Waals surface area contributed by atoms with Crippen molar-refractivity contribution in [2.45, 2.75) is 11.8 Å². The van der Waals surface area contributed by atoms with Crippen LogP contribution in [0.25, 0.3) is 0 Å². The van der Waals surface area contributed by atoms with Crippen LogP contribution in [0.1, 0.15) is 16.1 Å². The lowest BCUT2D eigenvalue weighted by atomic mass is 10.2. The largest absolute Gasteiger partial charge is 0.452 e. The van der Waals surface area contributed by atoms with Crippen molar-refractivity contribution in [2.24, 2.45) is 7.05 Å². The summed E-state index contributed by atoms with van der Waals surface area (Å²) in [6.45, 7) is 1.21. The molecule has 2 aromatic rings. The number of carbonyl (C=O) groups excluding carboxylic acids is 2. The molecule has 1 amide bonds. The summed E-state index contributed by atoms with van der Waals surface area (Å²) >= 11 is 1.33. The number of benzene rings is 1. The lowest BCUT2D eigenvalue weighted by Gasteiger charge is -2.07. The molecular weight excluding hydrogens is 348 g/mol. The van der Waals surface area contributed by atoms with Crippen LogP contribution >= 0.6 is 11.8 Å². The Hall–Kier alpha value is -2.88. The van der Waals surface area contributed by atoms with Crippen LogP contribution < -0.4 is 5.32 Å². The number of hydrogen-bond acceptors (Lipinski definition) is 7. The second-order valence-electron chi connectivity index (χ2n) is 5.06. The van der Waals surface area contributed by atoms with E-state index in [-0.39, 0.29) is 11.3 Å². The predicted molar refractivity (Wildman–Crippen MR) is 91.7 cm³/mol. The van der Waals surface area contributed by atoms with Crippen molar-refractivity contribution >= 4 is 35.1 Å². The average Bonchev–Trinajstić information content (AvgIpc) is 2.89. The predicted octanol–water partition coefficient (Wildman–Crippen LogP) is 2.15. The number of aryl methyl sites for hydroxylation is 2. The third-order valence-electron chi connectivity index (χ3n) is 3.22. The fraction of sp³-hybridized carbons (Fsp3) is 0.267. The molecule has 1 heterocycles. The highest BCUT2D eigenvalue weighted by Crippen LogP contribution is 2.25. The average molecular weight is 364 g/mol. The number of nitrogens with one attached hydrogen (secondary N) is 1. The fourth-order valence-electron chi connectivity index (χ4n) is 2.08. The molecule has 0 radical (unpaired) electrons. The van der Waals surface area contributed by atoms with E-state index >= 15 is 0 Å². The third-order valence-corrected chi connectivity index (χ3v) is 3.95. The van der Waals surface area contributed by atoms with E-state index in [0.29, 0.717) is 10.7 Å². The van der Waals surface area contributed by atoms with Gasteiger partial charge in [0.2, 0.25) is 0 Å². The molecule has 1 aromatic heterocycles. The first-order valence-corrected chi connectivity index (χ1v) is 8.34. The van der Waals surface area contributed by atoms with Gasteiger partial charge < -0.3 is 10.1 Å². The molecule has 25 heavy (non-hydrogen) atoms. The summed E-state index contributed by atoms with van der Waals surface area (Å²) in [5.41, 5.74) is 0.158. The van der Waals surface area contributed by atoms with E-state index in [0.717, 1.165) is 5.69 Å². The number of esters is 1. The van der Waals surface area contributed by atoms with Crippen molar-refractivity contribution in [3.8, 4) is 0 Å². The first-order valence-electron chi connectivity index (χ1n) is 7.12. The second-order valence-corrected chi connectivity index (χ2v) is 5.94. The van der Waals surface area contributed by atoms with Gasteiger partial charge in [0.15, 0.2) is 6.61 Å². The number of amides is 1. The molecule has 0 spiro atoms. The van der Waals surface area contributed by atoms with Gasteiger partial charge in [0.1, 0.15) is 11.4 Å². The molecule has 9 nitrogen and oxygen atoms in total. The molecule has 0 saturated carbocycles. The quantitative estimate of drug-likeness (QED) is 0.361. The topological polar surface area (TPSA) is 116 Å². The molecule has 0 saturated heterocycles. The Morgan fingerprint density at radius 1 is 1.40 bits per heavy atom. The van der Waals surface area contributed by atoms with Crippen molar-refractivity contribution in [1.29, 1.82) is 0 Å². The molecule has 0 aliphatic carbocycles. The number of nitro benzene ring substituents is 1. The Balaban J connectivity index is 2.05. The molecule has 0 aliphatic rings. The first kappa shape index (κ1) is 18.5. The minimum Gasteiger partial charge on any atom is -0.452 e. The highest BCUT2D eigenvalue weighted by atomic mass is 32.2. The summed E-state index contributed by atoms with van der Waals surface area (Å²) in [7, 11) is 1.66. The van der Waals surface area contributed by atoms with Crippen molar-refractivity contribution in [1.82, 2.24) is 9.78 Å². The molecular formula is C15H16N4O5S. The Morgan fingerprint density at radius 2 is 2.12 bits per heavy atom. The highest BCUT2D eigenvalue weighted by Gasteiger charge is 2.22. The van der Waals surface area contributed by atoms with Crippen molar-refractivity contribution in [3.63, 3.8) is 0 Å². The number of hydrogen-bond donors (Lipinski definition) is 1. The van der Waals surface area contributed by atoms with E-state index in [1.807, 2.05) is 0 Å². The number of ether oxygens (including phenoxy) is 1. The zero-order chi connectivity index (χ0) is 18.6. The molecule has 0 aliphatic heterocycles.